The topological polar surface area (TPSA) is 61.0 Å². The minimum atomic E-state index is -4.42. The van der Waals surface area contributed by atoms with Crippen LogP contribution in [0, 0.1) is 0 Å². The average Bonchev–Trinajstić information content (AvgIpc) is 3.19. The molecule has 0 unspecified atom stereocenters. The van der Waals surface area contributed by atoms with Crippen molar-refractivity contribution in [2.45, 2.75) is 24.4 Å². The number of ether oxygens (including phenoxy) is 1. The first-order chi connectivity index (χ1) is 13.0. The van der Waals surface area contributed by atoms with Gasteiger partial charge >= 0.3 is 6.18 Å². The molecular formula is C19H16F3N3O2. The van der Waals surface area contributed by atoms with Crippen LogP contribution in [0.25, 0.3) is 11.4 Å². The van der Waals surface area contributed by atoms with Crippen molar-refractivity contribution >= 4 is 0 Å². The zero-order valence-electron chi connectivity index (χ0n) is 14.2. The highest BCUT2D eigenvalue weighted by Gasteiger charge is 2.43. The number of alkyl halides is 3. The SMILES string of the molecule is FC(F)(F)c1cccc(C2(c3nc(-c4cccnc4)no3)CCOCC2)c1. The van der Waals surface area contributed by atoms with Crippen LogP contribution in [0.2, 0.25) is 0 Å². The van der Waals surface area contributed by atoms with Gasteiger partial charge in [0.1, 0.15) is 0 Å². The van der Waals surface area contributed by atoms with Gasteiger partial charge in [-0.25, -0.2) is 0 Å². The van der Waals surface area contributed by atoms with Crippen molar-refractivity contribution in [3.8, 4) is 11.4 Å². The Morgan fingerprint density at radius 2 is 1.85 bits per heavy atom. The number of aromatic nitrogens is 3. The van der Waals surface area contributed by atoms with Gasteiger partial charge in [-0.3, -0.25) is 4.98 Å². The summed E-state index contributed by atoms with van der Waals surface area (Å²) in [6.45, 7) is 0.807. The standard InChI is InChI=1S/C19H16F3N3O2/c20-19(21,22)15-5-1-4-14(11-15)18(6-9-26-10-7-18)17-24-16(25-27-17)13-3-2-8-23-12-13/h1-5,8,11-12H,6-7,9-10H2. The molecule has 1 fully saturated rings. The van der Waals surface area contributed by atoms with E-state index in [1.165, 1.54) is 12.1 Å². The second-order valence-electron chi connectivity index (χ2n) is 6.44. The molecule has 0 radical (unpaired) electrons. The summed E-state index contributed by atoms with van der Waals surface area (Å²) in [5.41, 5.74) is -0.328. The molecule has 0 N–H and O–H groups in total. The number of hydrogen-bond acceptors (Lipinski definition) is 5. The number of benzene rings is 1. The maximum absolute atomic E-state index is 13.2. The smallest absolute Gasteiger partial charge is 0.381 e. The van der Waals surface area contributed by atoms with Crippen LogP contribution in [0.1, 0.15) is 29.9 Å². The molecule has 0 saturated carbocycles. The van der Waals surface area contributed by atoms with E-state index in [1.807, 2.05) is 0 Å². The van der Waals surface area contributed by atoms with E-state index in [4.69, 9.17) is 9.26 Å². The summed E-state index contributed by atoms with van der Waals surface area (Å²) in [7, 11) is 0. The van der Waals surface area contributed by atoms with Crippen LogP contribution in [0.3, 0.4) is 0 Å². The fourth-order valence-corrected chi connectivity index (χ4v) is 3.37. The molecule has 2 aromatic heterocycles. The third kappa shape index (κ3) is 3.32. The molecule has 140 valence electrons. The molecule has 5 nitrogen and oxygen atoms in total. The lowest BCUT2D eigenvalue weighted by Crippen LogP contribution is -2.35. The Hall–Kier alpha value is -2.74. The second kappa shape index (κ2) is 6.77. The zero-order chi connectivity index (χ0) is 18.9. The van der Waals surface area contributed by atoms with Gasteiger partial charge in [0.25, 0.3) is 0 Å². The summed E-state index contributed by atoms with van der Waals surface area (Å²) in [6.07, 6.45) is -0.257. The predicted octanol–water partition coefficient (Wildman–Crippen LogP) is 4.25. The Morgan fingerprint density at radius 3 is 2.56 bits per heavy atom. The van der Waals surface area contributed by atoms with E-state index in [9.17, 15) is 13.2 Å². The van der Waals surface area contributed by atoms with E-state index in [-0.39, 0.29) is 0 Å². The van der Waals surface area contributed by atoms with Crippen molar-refractivity contribution in [3.63, 3.8) is 0 Å². The van der Waals surface area contributed by atoms with Gasteiger partial charge in [-0.05, 0) is 36.6 Å². The number of rotatable bonds is 3. The largest absolute Gasteiger partial charge is 0.416 e. The molecule has 8 heteroatoms. The van der Waals surface area contributed by atoms with Crippen molar-refractivity contribution in [3.05, 3.63) is 65.8 Å². The Balaban J connectivity index is 1.79. The third-order valence-corrected chi connectivity index (χ3v) is 4.84. The van der Waals surface area contributed by atoms with Gasteiger partial charge < -0.3 is 9.26 Å². The molecule has 1 saturated heterocycles. The lowest BCUT2D eigenvalue weighted by atomic mass is 9.73. The van der Waals surface area contributed by atoms with Crippen molar-refractivity contribution in [2.24, 2.45) is 0 Å². The Kier molecular flexibility index (Phi) is 4.43. The number of hydrogen-bond donors (Lipinski definition) is 0. The van der Waals surface area contributed by atoms with Crippen LogP contribution in [-0.2, 0) is 16.3 Å². The molecule has 1 aliphatic rings. The fourth-order valence-electron chi connectivity index (χ4n) is 3.37. The van der Waals surface area contributed by atoms with Gasteiger partial charge in [-0.1, -0.05) is 23.4 Å². The molecule has 27 heavy (non-hydrogen) atoms. The highest BCUT2D eigenvalue weighted by atomic mass is 19.4. The molecule has 0 spiro atoms. The highest BCUT2D eigenvalue weighted by Crippen LogP contribution is 2.42. The summed E-state index contributed by atoms with van der Waals surface area (Å²) in [5.74, 6) is 0.653. The molecule has 0 bridgehead atoms. The van der Waals surface area contributed by atoms with Crippen LogP contribution < -0.4 is 0 Å². The van der Waals surface area contributed by atoms with Gasteiger partial charge in [0.2, 0.25) is 11.7 Å². The van der Waals surface area contributed by atoms with E-state index >= 15 is 0 Å². The maximum atomic E-state index is 13.2. The zero-order valence-corrected chi connectivity index (χ0v) is 14.2. The first-order valence-electron chi connectivity index (χ1n) is 8.49. The number of halogens is 3. The quantitative estimate of drug-likeness (QED) is 0.685. The fraction of sp³-hybridized carbons (Fsp3) is 0.316. The van der Waals surface area contributed by atoms with Crippen molar-refractivity contribution in [1.82, 2.24) is 15.1 Å². The molecule has 0 atom stereocenters. The first-order valence-corrected chi connectivity index (χ1v) is 8.49. The molecule has 4 rings (SSSR count). The number of pyridine rings is 1. The predicted molar refractivity (Wildman–Crippen MR) is 89.8 cm³/mol. The molecule has 3 aromatic rings. The Labute approximate surface area is 153 Å². The van der Waals surface area contributed by atoms with Crippen molar-refractivity contribution < 1.29 is 22.4 Å². The summed E-state index contributed by atoms with van der Waals surface area (Å²) < 4.78 is 50.6. The minimum Gasteiger partial charge on any atom is -0.381 e. The summed E-state index contributed by atoms with van der Waals surface area (Å²) in [4.78, 5) is 8.52. The molecular weight excluding hydrogens is 359 g/mol. The molecule has 1 aromatic carbocycles. The van der Waals surface area contributed by atoms with E-state index in [0.29, 0.717) is 48.9 Å². The van der Waals surface area contributed by atoms with Crippen LogP contribution in [0.15, 0.2) is 53.3 Å². The molecule has 0 amide bonds. The van der Waals surface area contributed by atoms with E-state index in [2.05, 4.69) is 15.1 Å². The Bertz CT molecular complexity index is 919. The monoisotopic (exact) mass is 375 g/mol. The van der Waals surface area contributed by atoms with Crippen LogP contribution >= 0.6 is 0 Å². The van der Waals surface area contributed by atoms with Gasteiger partial charge in [0.15, 0.2) is 0 Å². The van der Waals surface area contributed by atoms with Crippen molar-refractivity contribution in [1.29, 1.82) is 0 Å². The van der Waals surface area contributed by atoms with Gasteiger partial charge in [0, 0.05) is 31.2 Å². The van der Waals surface area contributed by atoms with Gasteiger partial charge in [-0.15, -0.1) is 0 Å². The molecule has 1 aliphatic heterocycles. The van der Waals surface area contributed by atoms with Crippen molar-refractivity contribution in [2.75, 3.05) is 13.2 Å². The minimum absolute atomic E-state index is 0.295. The summed E-state index contributed by atoms with van der Waals surface area (Å²) in [5, 5.41) is 4.01. The lowest BCUT2D eigenvalue weighted by molar-refractivity contribution is -0.137. The third-order valence-electron chi connectivity index (χ3n) is 4.84. The van der Waals surface area contributed by atoms with Crippen LogP contribution in [0.5, 0.6) is 0 Å². The van der Waals surface area contributed by atoms with Crippen LogP contribution in [0.4, 0.5) is 13.2 Å². The highest BCUT2D eigenvalue weighted by molar-refractivity contribution is 5.52. The average molecular weight is 375 g/mol. The Morgan fingerprint density at radius 1 is 1.04 bits per heavy atom. The first kappa shape index (κ1) is 17.7. The van der Waals surface area contributed by atoms with Crippen LogP contribution in [-0.4, -0.2) is 28.3 Å². The van der Waals surface area contributed by atoms with E-state index in [0.717, 1.165) is 6.07 Å². The van der Waals surface area contributed by atoms with Gasteiger partial charge in [-0.2, -0.15) is 18.2 Å². The summed E-state index contributed by atoms with van der Waals surface area (Å²) >= 11 is 0. The maximum Gasteiger partial charge on any atom is 0.416 e. The lowest BCUT2D eigenvalue weighted by Gasteiger charge is -2.34. The van der Waals surface area contributed by atoms with E-state index in [1.54, 1.807) is 30.6 Å². The molecule has 3 heterocycles. The second-order valence-corrected chi connectivity index (χ2v) is 6.44. The summed E-state index contributed by atoms with van der Waals surface area (Å²) in [6, 6.07) is 8.86. The van der Waals surface area contributed by atoms with Gasteiger partial charge in [0.05, 0.1) is 11.0 Å². The number of nitrogens with zero attached hydrogens (tertiary/aromatic N) is 3. The normalized spacial score (nSPS) is 17.0. The van der Waals surface area contributed by atoms with E-state index < -0.39 is 17.2 Å². The molecule has 0 aliphatic carbocycles.